The van der Waals surface area contributed by atoms with Gasteiger partial charge < -0.3 is 4.74 Å². The van der Waals surface area contributed by atoms with Crippen LogP contribution in [0.25, 0.3) is 0 Å². The second kappa shape index (κ2) is 7.64. The second-order valence-electron chi connectivity index (χ2n) is 7.34. The fourth-order valence-corrected chi connectivity index (χ4v) is 4.37. The molecule has 0 aromatic heterocycles. The summed E-state index contributed by atoms with van der Waals surface area (Å²) in [6, 6.07) is 5.11. The Bertz CT molecular complexity index is 721. The van der Waals surface area contributed by atoms with Crippen molar-refractivity contribution in [3.8, 4) is 0 Å². The van der Waals surface area contributed by atoms with Gasteiger partial charge in [-0.15, -0.1) is 0 Å². The van der Waals surface area contributed by atoms with Crippen molar-refractivity contribution in [1.29, 1.82) is 0 Å². The number of ether oxygens (including phenoxy) is 1. The molecule has 0 fully saturated rings. The van der Waals surface area contributed by atoms with E-state index in [1.54, 1.807) is 39.0 Å². The van der Waals surface area contributed by atoms with Crippen LogP contribution in [0.4, 0.5) is 8.78 Å². The van der Waals surface area contributed by atoms with Crippen molar-refractivity contribution in [3.05, 3.63) is 33.8 Å². The molecule has 146 valence electrons. The molecule has 0 saturated carbocycles. The van der Waals surface area contributed by atoms with Gasteiger partial charge in [-0.25, -0.2) is 13.7 Å². The zero-order valence-corrected chi connectivity index (χ0v) is 17.7. The Kier molecular flexibility index (Phi) is 6.30. The molecule has 0 saturated heterocycles. The summed E-state index contributed by atoms with van der Waals surface area (Å²) >= 11 is 3.32. The number of aryl methyl sites for hydroxylation is 1. The van der Waals surface area contributed by atoms with Crippen molar-refractivity contribution in [2.24, 2.45) is 0 Å². The zero-order valence-electron chi connectivity index (χ0n) is 15.3. The summed E-state index contributed by atoms with van der Waals surface area (Å²) in [6.45, 7) is 6.40. The normalized spacial score (nSPS) is 21.8. The molecule has 8 heteroatoms. The molecule has 1 aliphatic rings. The van der Waals surface area contributed by atoms with E-state index in [0.29, 0.717) is 22.9 Å². The number of rotatable bonds is 5. The van der Waals surface area contributed by atoms with E-state index in [0.717, 1.165) is 0 Å². The average Bonchev–Trinajstić information content (AvgIpc) is 2.54. The minimum absolute atomic E-state index is 0.0237. The van der Waals surface area contributed by atoms with Gasteiger partial charge in [-0.05, 0) is 70.2 Å². The molecule has 0 spiro atoms. The number of fused-ring (bicyclic) bond motifs is 1. The molecule has 0 radical (unpaired) electrons. The lowest BCUT2D eigenvalue weighted by Gasteiger charge is -2.44. The van der Waals surface area contributed by atoms with E-state index in [1.165, 1.54) is 6.92 Å². The maximum Gasteiger partial charge on any atom is 0.379 e. The Balaban J connectivity index is 2.67. The third-order valence-electron chi connectivity index (χ3n) is 4.42. The predicted molar refractivity (Wildman–Crippen MR) is 101 cm³/mol. The minimum Gasteiger partial charge on any atom is -0.461 e. The molecule has 0 aliphatic heterocycles. The van der Waals surface area contributed by atoms with Crippen molar-refractivity contribution >= 4 is 32.9 Å². The SMILES string of the molecule is CCOC(=O)C(F)(F)[C@@]1(N[S@](=O)C(C)(C)C)CCCc2ccc(Br)cc21. The van der Waals surface area contributed by atoms with Crippen molar-refractivity contribution < 1.29 is 22.5 Å². The molecule has 26 heavy (non-hydrogen) atoms. The number of esters is 1. The lowest BCUT2D eigenvalue weighted by molar-refractivity contribution is -0.186. The van der Waals surface area contributed by atoms with Gasteiger partial charge in [0.05, 0.1) is 22.3 Å². The van der Waals surface area contributed by atoms with E-state index in [1.807, 2.05) is 0 Å². The zero-order chi connectivity index (χ0) is 19.8. The number of nitrogens with one attached hydrogen (secondary N) is 1. The van der Waals surface area contributed by atoms with Crippen LogP contribution < -0.4 is 4.72 Å². The van der Waals surface area contributed by atoms with Crippen LogP contribution in [-0.4, -0.2) is 27.5 Å². The van der Waals surface area contributed by atoms with Crippen molar-refractivity contribution in [1.82, 2.24) is 4.72 Å². The standard InChI is InChI=1S/C18H24BrF2NO3S/c1-5-25-15(23)18(20,21)17(22-26(24)16(2,3)4)10-6-7-12-8-9-13(19)11-14(12)17/h8-9,11,22H,5-7,10H2,1-4H3/t17-,26-/m1/s1. The molecule has 4 nitrogen and oxygen atoms in total. The second-order valence-corrected chi connectivity index (χ2v) is 10.2. The van der Waals surface area contributed by atoms with Crippen LogP contribution in [0.3, 0.4) is 0 Å². The molecule has 1 aromatic rings. The third kappa shape index (κ3) is 3.87. The van der Waals surface area contributed by atoms with Gasteiger partial charge in [0, 0.05) is 4.47 Å². The maximum atomic E-state index is 15.4. The summed E-state index contributed by atoms with van der Waals surface area (Å²) in [5, 5.41) is 0. The molecule has 0 heterocycles. The van der Waals surface area contributed by atoms with E-state index in [-0.39, 0.29) is 18.6 Å². The van der Waals surface area contributed by atoms with Crippen molar-refractivity contribution in [3.63, 3.8) is 0 Å². The first kappa shape index (κ1) is 21.4. The number of carbonyl (C=O) groups is 1. The lowest BCUT2D eigenvalue weighted by atomic mass is 9.73. The van der Waals surface area contributed by atoms with Crippen LogP contribution in [0.1, 0.15) is 51.7 Å². The fourth-order valence-electron chi connectivity index (χ4n) is 3.05. The highest BCUT2D eigenvalue weighted by atomic mass is 79.9. The summed E-state index contributed by atoms with van der Waals surface area (Å²) in [6.07, 6.45) is 1.04. The molecule has 1 N–H and O–H groups in total. The topological polar surface area (TPSA) is 55.4 Å². The molecule has 0 amide bonds. The van der Waals surface area contributed by atoms with E-state index in [4.69, 9.17) is 0 Å². The van der Waals surface area contributed by atoms with E-state index >= 15 is 8.78 Å². The first-order valence-corrected chi connectivity index (χ1v) is 10.4. The van der Waals surface area contributed by atoms with E-state index < -0.39 is 33.2 Å². The van der Waals surface area contributed by atoms with Crippen molar-refractivity contribution in [2.75, 3.05) is 6.61 Å². The van der Waals surface area contributed by atoms with Gasteiger partial charge in [-0.2, -0.15) is 8.78 Å². The Labute approximate surface area is 163 Å². The monoisotopic (exact) mass is 451 g/mol. The predicted octanol–water partition coefficient (Wildman–Crippen LogP) is 4.23. The van der Waals surface area contributed by atoms with Gasteiger partial charge in [-0.1, -0.05) is 22.0 Å². The highest BCUT2D eigenvalue weighted by molar-refractivity contribution is 9.10. The molecule has 0 bridgehead atoms. The molecule has 2 atom stereocenters. The van der Waals surface area contributed by atoms with Gasteiger partial charge >= 0.3 is 11.9 Å². The quantitative estimate of drug-likeness (QED) is 0.681. The molecular formula is C18H24BrF2NO3S. The summed E-state index contributed by atoms with van der Waals surface area (Å²) in [7, 11) is -1.81. The summed E-state index contributed by atoms with van der Waals surface area (Å²) in [5.74, 6) is -5.48. The third-order valence-corrected chi connectivity index (χ3v) is 6.56. The highest BCUT2D eigenvalue weighted by Gasteiger charge is 2.63. The smallest absolute Gasteiger partial charge is 0.379 e. The van der Waals surface area contributed by atoms with Gasteiger partial charge in [0.15, 0.2) is 0 Å². The minimum atomic E-state index is -3.88. The Hall–Kier alpha value is -0.860. The summed E-state index contributed by atoms with van der Waals surface area (Å²) in [4.78, 5) is 12.2. The van der Waals surface area contributed by atoms with Gasteiger partial charge in [0.1, 0.15) is 5.54 Å². The average molecular weight is 452 g/mol. The Morgan fingerprint density at radius 1 is 1.38 bits per heavy atom. The van der Waals surface area contributed by atoms with Crippen LogP contribution >= 0.6 is 15.9 Å². The first-order valence-electron chi connectivity index (χ1n) is 8.49. The summed E-state index contributed by atoms with van der Waals surface area (Å²) in [5.41, 5.74) is -1.09. The van der Waals surface area contributed by atoms with Crippen LogP contribution in [0.5, 0.6) is 0 Å². The number of carbonyl (C=O) groups excluding carboxylic acids is 1. The number of benzene rings is 1. The first-order chi connectivity index (χ1) is 12.0. The number of hydrogen-bond acceptors (Lipinski definition) is 3. The van der Waals surface area contributed by atoms with Crippen LogP contribution in [0.2, 0.25) is 0 Å². The highest BCUT2D eigenvalue weighted by Crippen LogP contribution is 2.48. The molecule has 1 aliphatic carbocycles. The van der Waals surface area contributed by atoms with E-state index in [9.17, 15) is 9.00 Å². The van der Waals surface area contributed by atoms with Crippen molar-refractivity contribution in [2.45, 2.75) is 63.2 Å². The molecule has 1 aromatic carbocycles. The summed E-state index contributed by atoms with van der Waals surface area (Å²) < 4.78 is 50.7. The molecule has 0 unspecified atom stereocenters. The van der Waals surface area contributed by atoms with Gasteiger partial charge in [0.2, 0.25) is 0 Å². The largest absolute Gasteiger partial charge is 0.461 e. The Morgan fingerprint density at radius 3 is 2.62 bits per heavy atom. The molecule has 2 rings (SSSR count). The fraction of sp³-hybridized carbons (Fsp3) is 0.611. The number of hydrogen-bond donors (Lipinski definition) is 1. The van der Waals surface area contributed by atoms with Crippen LogP contribution in [0.15, 0.2) is 22.7 Å². The number of halogens is 3. The van der Waals surface area contributed by atoms with Crippen LogP contribution in [0, 0.1) is 0 Å². The van der Waals surface area contributed by atoms with Crippen LogP contribution in [-0.2, 0) is 32.5 Å². The van der Waals surface area contributed by atoms with E-state index in [2.05, 4.69) is 25.4 Å². The number of alkyl halides is 2. The lowest BCUT2D eigenvalue weighted by Crippen LogP contribution is -2.63. The molecular weight excluding hydrogens is 428 g/mol. The maximum absolute atomic E-state index is 15.4. The van der Waals surface area contributed by atoms with Gasteiger partial charge in [0.25, 0.3) is 0 Å². The Morgan fingerprint density at radius 2 is 2.04 bits per heavy atom. The van der Waals surface area contributed by atoms with Gasteiger partial charge in [-0.3, -0.25) is 0 Å².